The van der Waals surface area contributed by atoms with Gasteiger partial charge in [0, 0.05) is 0 Å². The summed E-state index contributed by atoms with van der Waals surface area (Å²) in [5.74, 6) is 0. The van der Waals surface area contributed by atoms with Gasteiger partial charge in [-0.2, -0.15) is 8.42 Å². The van der Waals surface area contributed by atoms with Gasteiger partial charge in [-0.25, -0.2) is 12.6 Å². The van der Waals surface area contributed by atoms with Crippen molar-refractivity contribution < 1.29 is 42.4 Å². The first-order valence-electron chi connectivity index (χ1n) is 5.99. The first-order valence-corrected chi connectivity index (χ1v) is 12.7. The Bertz CT molecular complexity index is 487. The molecule has 0 aromatic rings. The van der Waals surface area contributed by atoms with Gasteiger partial charge in [-0.15, -0.1) is 0 Å². The van der Waals surface area contributed by atoms with Gasteiger partial charge >= 0.3 is 10.4 Å². The molecule has 0 aromatic heterocycles. The number of rotatable bonds is 11. The molecule has 0 aliphatic rings. The lowest BCUT2D eigenvalue weighted by atomic mass is 10.2. The highest BCUT2D eigenvalue weighted by atomic mass is 32.3. The topological polar surface area (TPSA) is 151 Å². The van der Waals surface area contributed by atoms with E-state index in [1.165, 1.54) is 6.92 Å². The normalized spacial score (nSPS) is 18.6. The third-order valence-electron chi connectivity index (χ3n) is 1.94. The summed E-state index contributed by atoms with van der Waals surface area (Å²) in [6.07, 6.45) is -2.77. The molecule has 0 fully saturated rings. The molecule has 14 heteroatoms. The number of hydrogen-bond acceptors (Lipinski definition) is 10. The van der Waals surface area contributed by atoms with Gasteiger partial charge in [0.2, 0.25) is 8.32 Å². The van der Waals surface area contributed by atoms with Gasteiger partial charge in [-0.05, 0) is 26.1 Å². The Morgan fingerprint density at radius 3 is 2.00 bits per heavy atom. The van der Waals surface area contributed by atoms with Crippen molar-refractivity contribution >= 4 is 41.4 Å². The summed E-state index contributed by atoms with van der Waals surface area (Å²) in [7, 11) is -6.88. The summed E-state index contributed by atoms with van der Waals surface area (Å²) < 4.78 is 83.7. The highest BCUT2D eigenvalue weighted by Crippen LogP contribution is 2.17. The van der Waals surface area contributed by atoms with E-state index < -0.39 is 60.3 Å². The molecule has 0 N–H and O–H groups in total. The maximum Gasteiger partial charge on any atom is 0.390 e. The molecule has 4 atom stereocenters. The van der Waals surface area contributed by atoms with Crippen LogP contribution in [0, 0.1) is 0 Å². The van der Waals surface area contributed by atoms with Crippen molar-refractivity contribution in [1.82, 2.24) is 0 Å². The van der Waals surface area contributed by atoms with Crippen LogP contribution in [0.1, 0.15) is 13.3 Å². The standard InChI is InChI=1S/C8H20O10S3Si/c1-5-7(17-21(13,14)18-22(2,3)4)8(16-20(11)12)6-15-19(9)10/h7-8H,5-6H2,1-4H3,(H,9,10)(H,11,12)/p-2. The molecule has 0 saturated carbocycles. The first kappa shape index (κ1) is 22.2. The van der Waals surface area contributed by atoms with E-state index in [0.29, 0.717) is 0 Å². The van der Waals surface area contributed by atoms with E-state index in [4.69, 9.17) is 8.06 Å². The van der Waals surface area contributed by atoms with Crippen molar-refractivity contribution in [3.05, 3.63) is 0 Å². The summed E-state index contributed by atoms with van der Waals surface area (Å²) in [6, 6.07) is 0. The fourth-order valence-corrected chi connectivity index (χ4v) is 5.09. The van der Waals surface area contributed by atoms with Gasteiger partial charge < -0.3 is 9.11 Å². The lowest BCUT2D eigenvalue weighted by Gasteiger charge is -2.27. The predicted octanol–water partition coefficient (Wildman–Crippen LogP) is -0.132. The van der Waals surface area contributed by atoms with Gasteiger partial charge in [0.25, 0.3) is 0 Å². The van der Waals surface area contributed by atoms with E-state index >= 15 is 0 Å². The lowest BCUT2D eigenvalue weighted by Crippen LogP contribution is -2.40. The van der Waals surface area contributed by atoms with Gasteiger partial charge in [0.05, 0.1) is 29.3 Å². The maximum atomic E-state index is 11.8. The quantitative estimate of drug-likeness (QED) is 0.340. The molecule has 134 valence electrons. The Labute approximate surface area is 135 Å². The van der Waals surface area contributed by atoms with E-state index in [0.717, 1.165) is 0 Å². The molecule has 0 aliphatic heterocycles. The molecule has 0 rings (SSSR count). The molecular weight excluding hydrogens is 380 g/mol. The molecule has 0 heterocycles. The molecule has 10 nitrogen and oxygen atoms in total. The van der Waals surface area contributed by atoms with Gasteiger partial charge in [0.1, 0.15) is 12.2 Å². The van der Waals surface area contributed by atoms with E-state index in [2.05, 4.69) is 8.37 Å². The van der Waals surface area contributed by atoms with Crippen LogP contribution in [0.2, 0.25) is 19.6 Å². The van der Waals surface area contributed by atoms with Crippen LogP contribution in [-0.4, -0.2) is 53.1 Å². The van der Waals surface area contributed by atoms with Crippen molar-refractivity contribution in [3.8, 4) is 0 Å². The fourth-order valence-electron chi connectivity index (χ4n) is 1.29. The summed E-state index contributed by atoms with van der Waals surface area (Å²) in [6.45, 7) is 5.59. The van der Waals surface area contributed by atoms with Crippen LogP contribution in [-0.2, 0) is 49.5 Å². The Balaban J connectivity index is 5.05. The highest BCUT2D eigenvalue weighted by Gasteiger charge is 2.32. The minimum absolute atomic E-state index is 0.00497. The lowest BCUT2D eigenvalue weighted by molar-refractivity contribution is 0.0222. The molecule has 0 saturated heterocycles. The van der Waals surface area contributed by atoms with E-state index in [9.17, 15) is 25.9 Å². The Hall–Kier alpha value is 0.227. The molecule has 0 radical (unpaired) electrons. The smallest absolute Gasteiger partial charge is 0.390 e. The molecule has 4 unspecified atom stereocenters. The minimum atomic E-state index is -4.40. The van der Waals surface area contributed by atoms with Gasteiger partial charge in [-0.3, -0.25) is 12.2 Å². The maximum absolute atomic E-state index is 11.8. The van der Waals surface area contributed by atoms with Crippen LogP contribution in [0.4, 0.5) is 0 Å². The van der Waals surface area contributed by atoms with Crippen molar-refractivity contribution in [1.29, 1.82) is 0 Å². The van der Waals surface area contributed by atoms with E-state index in [1.54, 1.807) is 19.6 Å². The second-order valence-corrected chi connectivity index (χ2v) is 12.1. The molecule has 0 aliphatic carbocycles. The zero-order valence-corrected chi connectivity index (χ0v) is 15.8. The van der Waals surface area contributed by atoms with Crippen LogP contribution < -0.4 is 0 Å². The summed E-state index contributed by atoms with van der Waals surface area (Å²) in [5, 5.41) is 0. The molecule has 0 amide bonds. The van der Waals surface area contributed by atoms with Crippen LogP contribution in [0.15, 0.2) is 0 Å². The number of hydrogen-bond donors (Lipinski definition) is 0. The van der Waals surface area contributed by atoms with E-state index in [1.807, 2.05) is 0 Å². The monoisotopic (exact) mass is 398 g/mol. The fraction of sp³-hybridized carbons (Fsp3) is 1.00. The molecular formula is C8H18O10S3Si-2. The van der Waals surface area contributed by atoms with Crippen LogP contribution in [0.3, 0.4) is 0 Å². The van der Waals surface area contributed by atoms with Crippen molar-refractivity contribution in [2.45, 2.75) is 45.2 Å². The van der Waals surface area contributed by atoms with Crippen LogP contribution in [0.25, 0.3) is 0 Å². The zero-order valence-electron chi connectivity index (χ0n) is 12.4. The van der Waals surface area contributed by atoms with Crippen molar-refractivity contribution in [3.63, 3.8) is 0 Å². The average Bonchev–Trinajstić information content (AvgIpc) is 2.27. The average molecular weight is 399 g/mol. The van der Waals surface area contributed by atoms with Crippen molar-refractivity contribution in [2.24, 2.45) is 0 Å². The predicted molar refractivity (Wildman–Crippen MR) is 77.2 cm³/mol. The second-order valence-electron chi connectivity index (χ2n) is 4.97. The van der Waals surface area contributed by atoms with Crippen LogP contribution >= 0.6 is 0 Å². The second kappa shape index (κ2) is 9.51. The summed E-state index contributed by atoms with van der Waals surface area (Å²) >= 11 is -5.94. The summed E-state index contributed by atoms with van der Waals surface area (Å²) in [4.78, 5) is 0. The summed E-state index contributed by atoms with van der Waals surface area (Å²) in [5.41, 5.74) is 0. The van der Waals surface area contributed by atoms with E-state index in [-0.39, 0.29) is 6.42 Å². The highest BCUT2D eigenvalue weighted by molar-refractivity contribution is 7.83. The van der Waals surface area contributed by atoms with Crippen molar-refractivity contribution in [2.75, 3.05) is 6.61 Å². The zero-order chi connectivity index (χ0) is 17.6. The SMILES string of the molecule is CCC(OS(=O)(=O)O[Si](C)(C)C)C(COS(=O)[O-])OS(=O)[O-]. The molecule has 0 spiro atoms. The van der Waals surface area contributed by atoms with Gasteiger partial charge in [-0.1, -0.05) is 6.92 Å². The third kappa shape index (κ3) is 10.9. The molecule has 0 aromatic carbocycles. The van der Waals surface area contributed by atoms with Crippen LogP contribution in [0.5, 0.6) is 0 Å². The minimum Gasteiger partial charge on any atom is -0.750 e. The largest absolute Gasteiger partial charge is 0.750 e. The van der Waals surface area contributed by atoms with Gasteiger partial charge in [0.15, 0.2) is 0 Å². The Kier molecular flexibility index (Phi) is 9.60. The Morgan fingerprint density at radius 2 is 1.64 bits per heavy atom. The molecule has 22 heavy (non-hydrogen) atoms. The molecule has 0 bridgehead atoms. The first-order chi connectivity index (χ1) is 9.86. The third-order valence-corrected chi connectivity index (χ3v) is 5.97. The Morgan fingerprint density at radius 1 is 1.09 bits per heavy atom.